The number of carbonyl (C=O) groups excluding carboxylic acids is 1. The molecule has 0 amide bonds. The molecule has 1 fully saturated rings. The summed E-state index contributed by atoms with van der Waals surface area (Å²) in [5.41, 5.74) is 3.83. The number of aryl methyl sites for hydroxylation is 2. The maximum absolute atomic E-state index is 11.7. The molecule has 0 spiro atoms. The fraction of sp³-hybridized carbons (Fsp3) is 0.667. The highest BCUT2D eigenvalue weighted by Crippen LogP contribution is 2.44. The highest BCUT2D eigenvalue weighted by molar-refractivity contribution is 5.69. The number of hydrogen-bond acceptors (Lipinski definition) is 4. The van der Waals surface area contributed by atoms with E-state index in [9.17, 15) is 4.79 Å². The van der Waals surface area contributed by atoms with Crippen molar-refractivity contribution in [1.82, 2.24) is 0 Å². The number of ether oxygens (including phenoxy) is 2. The van der Waals surface area contributed by atoms with Gasteiger partial charge in [-0.3, -0.25) is 4.79 Å². The molecule has 0 radical (unpaired) electrons. The van der Waals surface area contributed by atoms with Crippen molar-refractivity contribution in [2.45, 2.75) is 70.6 Å². The molecule has 0 saturated heterocycles. The van der Waals surface area contributed by atoms with E-state index in [1.165, 1.54) is 48.8 Å². The first-order valence-electron chi connectivity index (χ1n) is 9.51. The van der Waals surface area contributed by atoms with Crippen molar-refractivity contribution in [3.8, 4) is 5.75 Å². The average molecular weight is 348 g/mol. The normalized spacial score (nSPS) is 16.5. The van der Waals surface area contributed by atoms with Crippen LogP contribution < -0.4 is 4.74 Å². The van der Waals surface area contributed by atoms with E-state index >= 15 is 0 Å². The molecular weight excluding hydrogens is 316 g/mol. The van der Waals surface area contributed by atoms with Crippen LogP contribution in [0.2, 0.25) is 0 Å². The van der Waals surface area contributed by atoms with Crippen LogP contribution in [0.25, 0.3) is 0 Å². The molecule has 2 rings (SSSR count). The Morgan fingerprint density at radius 1 is 1.24 bits per heavy atom. The van der Waals surface area contributed by atoms with Crippen LogP contribution in [0, 0.1) is 0 Å². The molecule has 4 heteroatoms. The van der Waals surface area contributed by atoms with Crippen LogP contribution in [0.4, 0.5) is 0 Å². The lowest BCUT2D eigenvalue weighted by Crippen LogP contribution is -2.26. The summed E-state index contributed by atoms with van der Waals surface area (Å²) in [6, 6.07) is 4.40. The van der Waals surface area contributed by atoms with Gasteiger partial charge in [0, 0.05) is 12.0 Å². The van der Waals surface area contributed by atoms with Gasteiger partial charge in [0.05, 0.1) is 13.7 Å². The number of benzene rings is 1. The van der Waals surface area contributed by atoms with Crippen molar-refractivity contribution in [3.63, 3.8) is 0 Å². The first-order valence-corrected chi connectivity index (χ1v) is 9.51. The number of carbonyl (C=O) groups is 1. The van der Waals surface area contributed by atoms with Crippen molar-refractivity contribution < 1.29 is 19.4 Å². The summed E-state index contributed by atoms with van der Waals surface area (Å²) >= 11 is 0. The van der Waals surface area contributed by atoms with E-state index in [-0.39, 0.29) is 24.6 Å². The molecular formula is C21H32O4. The number of rotatable bonds is 8. The third-order valence-electron chi connectivity index (χ3n) is 5.39. The second-order valence-corrected chi connectivity index (χ2v) is 7.25. The zero-order valence-electron chi connectivity index (χ0n) is 15.9. The average Bonchev–Trinajstić information content (AvgIpc) is 2.64. The third kappa shape index (κ3) is 4.97. The Morgan fingerprint density at radius 2 is 1.96 bits per heavy atom. The van der Waals surface area contributed by atoms with E-state index < -0.39 is 0 Å². The van der Waals surface area contributed by atoms with Crippen molar-refractivity contribution in [2.75, 3.05) is 20.3 Å². The van der Waals surface area contributed by atoms with E-state index in [4.69, 9.17) is 14.6 Å². The first kappa shape index (κ1) is 19.8. The van der Waals surface area contributed by atoms with Gasteiger partial charge in [0.25, 0.3) is 0 Å². The number of aliphatic hydroxyl groups excluding tert-OH is 1. The van der Waals surface area contributed by atoms with Gasteiger partial charge < -0.3 is 14.6 Å². The van der Waals surface area contributed by atoms with Gasteiger partial charge in [0.2, 0.25) is 0 Å². The van der Waals surface area contributed by atoms with Crippen LogP contribution in [0.5, 0.6) is 5.75 Å². The maximum Gasteiger partial charge on any atom is 0.306 e. The maximum atomic E-state index is 11.7. The predicted octanol–water partition coefficient (Wildman–Crippen LogP) is 3.95. The van der Waals surface area contributed by atoms with Crippen molar-refractivity contribution >= 4 is 5.97 Å². The predicted molar refractivity (Wildman–Crippen MR) is 99.2 cm³/mol. The summed E-state index contributed by atoms with van der Waals surface area (Å²) < 4.78 is 10.8. The molecule has 1 aromatic rings. The summed E-state index contributed by atoms with van der Waals surface area (Å²) in [5, 5.41) is 8.74. The van der Waals surface area contributed by atoms with Crippen LogP contribution in [0.15, 0.2) is 12.1 Å². The number of aliphatic hydroxyl groups is 1. The molecule has 4 nitrogen and oxygen atoms in total. The van der Waals surface area contributed by atoms with Gasteiger partial charge in [-0.2, -0.15) is 0 Å². The molecule has 0 unspecified atom stereocenters. The van der Waals surface area contributed by atoms with Crippen molar-refractivity contribution in [1.29, 1.82) is 0 Å². The molecule has 1 saturated carbocycles. The zero-order chi connectivity index (χ0) is 18.3. The smallest absolute Gasteiger partial charge is 0.306 e. The minimum absolute atomic E-state index is 0.0744. The minimum Gasteiger partial charge on any atom is -0.496 e. The quantitative estimate of drug-likeness (QED) is 0.723. The molecule has 0 aromatic heterocycles. The van der Waals surface area contributed by atoms with E-state index in [0.717, 1.165) is 12.2 Å². The molecule has 1 N–H and O–H groups in total. The van der Waals surface area contributed by atoms with Gasteiger partial charge in [0.1, 0.15) is 12.4 Å². The van der Waals surface area contributed by atoms with Gasteiger partial charge in [-0.25, -0.2) is 0 Å². The van der Waals surface area contributed by atoms with Crippen molar-refractivity contribution in [3.05, 3.63) is 28.8 Å². The number of hydrogen-bond donors (Lipinski definition) is 1. The van der Waals surface area contributed by atoms with Crippen LogP contribution in [0.1, 0.15) is 69.1 Å². The molecule has 0 heterocycles. The topological polar surface area (TPSA) is 55.8 Å². The second-order valence-electron chi connectivity index (χ2n) is 7.25. The SMILES string of the molecule is CCc1cc(CCC(=O)OCCO)cc(C2(C)CCCCC2)c1OC. The molecule has 140 valence electrons. The largest absolute Gasteiger partial charge is 0.496 e. The lowest BCUT2D eigenvalue weighted by molar-refractivity contribution is -0.144. The summed E-state index contributed by atoms with van der Waals surface area (Å²) in [6.07, 6.45) is 8.13. The lowest BCUT2D eigenvalue weighted by atomic mass is 9.70. The van der Waals surface area contributed by atoms with Gasteiger partial charge in [-0.1, -0.05) is 45.2 Å². The Balaban J connectivity index is 2.26. The van der Waals surface area contributed by atoms with Gasteiger partial charge in [-0.05, 0) is 42.2 Å². The summed E-state index contributed by atoms with van der Waals surface area (Å²) in [7, 11) is 1.76. The molecule has 1 aromatic carbocycles. The molecule has 25 heavy (non-hydrogen) atoms. The van der Waals surface area contributed by atoms with E-state index in [2.05, 4.69) is 26.0 Å². The van der Waals surface area contributed by atoms with Gasteiger partial charge in [0.15, 0.2) is 0 Å². The Kier molecular flexibility index (Phi) is 7.30. The van der Waals surface area contributed by atoms with Crippen molar-refractivity contribution in [2.24, 2.45) is 0 Å². The second kappa shape index (κ2) is 9.23. The highest BCUT2D eigenvalue weighted by Gasteiger charge is 2.32. The standard InChI is InChI=1S/C21H32O4/c1-4-17-14-16(8-9-19(23)25-13-12-22)15-18(20(17)24-3)21(2)10-6-5-7-11-21/h14-15,22H,4-13H2,1-3H3. The third-order valence-corrected chi connectivity index (χ3v) is 5.39. The minimum atomic E-state index is -0.256. The van der Waals surface area contributed by atoms with E-state index in [1.54, 1.807) is 7.11 Å². The summed E-state index contributed by atoms with van der Waals surface area (Å²) in [6.45, 7) is 4.44. The molecule has 1 aliphatic rings. The number of esters is 1. The van der Waals surface area contributed by atoms with Crippen LogP contribution >= 0.6 is 0 Å². The first-order chi connectivity index (χ1) is 12.0. The Labute approximate surface area is 151 Å². The zero-order valence-corrected chi connectivity index (χ0v) is 15.9. The fourth-order valence-corrected chi connectivity index (χ4v) is 3.93. The molecule has 0 aliphatic heterocycles. The molecule has 0 bridgehead atoms. The molecule has 0 atom stereocenters. The lowest BCUT2D eigenvalue weighted by Gasteiger charge is -2.36. The van der Waals surface area contributed by atoms with E-state index in [1.807, 2.05) is 0 Å². The Bertz CT molecular complexity index is 574. The van der Waals surface area contributed by atoms with Gasteiger partial charge in [-0.15, -0.1) is 0 Å². The fourth-order valence-electron chi connectivity index (χ4n) is 3.93. The van der Waals surface area contributed by atoms with E-state index in [0.29, 0.717) is 12.8 Å². The molecule has 1 aliphatic carbocycles. The summed E-state index contributed by atoms with van der Waals surface area (Å²) in [4.78, 5) is 11.7. The Hall–Kier alpha value is -1.55. The van der Waals surface area contributed by atoms with Crippen LogP contribution in [0.3, 0.4) is 0 Å². The highest BCUT2D eigenvalue weighted by atomic mass is 16.5. The van der Waals surface area contributed by atoms with Crippen LogP contribution in [-0.2, 0) is 27.8 Å². The van der Waals surface area contributed by atoms with Gasteiger partial charge >= 0.3 is 5.97 Å². The number of methoxy groups -OCH3 is 1. The Morgan fingerprint density at radius 3 is 2.56 bits per heavy atom. The summed E-state index contributed by atoms with van der Waals surface area (Å²) in [5.74, 6) is 0.770. The monoisotopic (exact) mass is 348 g/mol. The van der Waals surface area contributed by atoms with Crippen LogP contribution in [-0.4, -0.2) is 31.4 Å².